The number of ether oxygens (including phenoxy) is 1. The van der Waals surface area contributed by atoms with Crippen molar-refractivity contribution in [1.82, 2.24) is 25.5 Å². The third kappa shape index (κ3) is 6.33. The Hall–Kier alpha value is -4.06. The lowest BCUT2D eigenvalue weighted by Gasteiger charge is -2.25. The number of aliphatic carboxylic acids is 1. The number of rotatable bonds is 9. The largest absolute Gasteiger partial charge is 0.479 e. The van der Waals surface area contributed by atoms with Crippen LogP contribution in [-0.4, -0.2) is 87.1 Å². The zero-order chi connectivity index (χ0) is 25.5. The maximum absolute atomic E-state index is 12.8. The zero-order valence-electron chi connectivity index (χ0n) is 19.5. The molecule has 3 aromatic rings. The molecule has 1 aliphatic rings. The molecule has 0 radical (unpaired) electrons. The fourth-order valence-corrected chi connectivity index (χ4v) is 3.77. The number of amides is 2. The molecule has 1 aliphatic heterocycles. The minimum Gasteiger partial charge on any atom is -0.479 e. The molecule has 1 unspecified atom stereocenters. The second kappa shape index (κ2) is 11.6. The van der Waals surface area contributed by atoms with Crippen molar-refractivity contribution in [2.75, 3.05) is 32.8 Å². The summed E-state index contributed by atoms with van der Waals surface area (Å²) in [4.78, 5) is 38.3. The highest BCUT2D eigenvalue weighted by Gasteiger charge is 2.24. The van der Waals surface area contributed by atoms with Gasteiger partial charge in [-0.1, -0.05) is 54.6 Å². The standard InChI is InChI=1S/C25H27N5O6/c31-22(25(34)35)16-30(15-17-6-8-19(9-7-17)18-4-2-1-3-5-18)28-23(32)20-14-21(27-26-20)24(33)29-10-12-36-13-11-29/h1-9,14,22,31H,10-13,15-16H2,(H,26,27)(H,28,32)(H,34,35). The number of carboxylic acids is 1. The van der Waals surface area contributed by atoms with Crippen LogP contribution in [0.5, 0.6) is 0 Å². The van der Waals surface area contributed by atoms with E-state index in [0.717, 1.165) is 16.7 Å². The molecule has 0 aliphatic carbocycles. The van der Waals surface area contributed by atoms with Crippen molar-refractivity contribution in [3.05, 3.63) is 77.6 Å². The number of carbonyl (C=O) groups excluding carboxylic acids is 2. The molecule has 0 spiro atoms. The first-order chi connectivity index (χ1) is 17.4. The minimum atomic E-state index is -1.71. The van der Waals surface area contributed by atoms with E-state index in [-0.39, 0.29) is 30.4 Å². The summed E-state index contributed by atoms with van der Waals surface area (Å²) in [7, 11) is 0. The molecule has 2 amide bonds. The average molecular weight is 494 g/mol. The van der Waals surface area contributed by atoms with Gasteiger partial charge in [0, 0.05) is 25.7 Å². The molecular weight excluding hydrogens is 466 g/mol. The van der Waals surface area contributed by atoms with Crippen LogP contribution in [0, 0.1) is 0 Å². The number of H-pyrrole nitrogens is 1. The Morgan fingerprint density at radius 1 is 1.06 bits per heavy atom. The molecule has 36 heavy (non-hydrogen) atoms. The first kappa shape index (κ1) is 25.0. The summed E-state index contributed by atoms with van der Waals surface area (Å²) >= 11 is 0. The van der Waals surface area contributed by atoms with Gasteiger partial charge < -0.3 is 19.8 Å². The first-order valence-corrected chi connectivity index (χ1v) is 11.4. The van der Waals surface area contributed by atoms with Crippen LogP contribution in [0.2, 0.25) is 0 Å². The second-order valence-electron chi connectivity index (χ2n) is 8.31. The van der Waals surface area contributed by atoms with E-state index in [1.807, 2.05) is 54.6 Å². The Balaban J connectivity index is 1.44. The highest BCUT2D eigenvalue weighted by atomic mass is 16.5. The minimum absolute atomic E-state index is 0.0286. The summed E-state index contributed by atoms with van der Waals surface area (Å²) in [5.74, 6) is -2.35. The molecule has 2 heterocycles. The number of nitrogens with zero attached hydrogens (tertiary/aromatic N) is 3. The second-order valence-corrected chi connectivity index (χ2v) is 8.31. The fourth-order valence-electron chi connectivity index (χ4n) is 3.77. The van der Waals surface area contributed by atoms with Gasteiger partial charge in [0.2, 0.25) is 0 Å². The molecule has 4 rings (SSSR count). The Morgan fingerprint density at radius 3 is 2.39 bits per heavy atom. The van der Waals surface area contributed by atoms with Crippen molar-refractivity contribution >= 4 is 17.8 Å². The number of aromatic amines is 1. The van der Waals surface area contributed by atoms with Crippen molar-refractivity contribution in [3.8, 4) is 11.1 Å². The summed E-state index contributed by atoms with van der Waals surface area (Å²) in [5, 5.41) is 26.9. The van der Waals surface area contributed by atoms with E-state index in [0.29, 0.717) is 26.3 Å². The topological polar surface area (TPSA) is 148 Å². The average Bonchev–Trinajstić information content (AvgIpc) is 3.40. The van der Waals surface area contributed by atoms with Crippen LogP contribution in [0.25, 0.3) is 11.1 Å². The van der Waals surface area contributed by atoms with E-state index < -0.39 is 18.0 Å². The number of carboxylic acid groups (broad SMARTS) is 1. The van der Waals surface area contributed by atoms with E-state index in [2.05, 4.69) is 15.6 Å². The number of hydrogen-bond acceptors (Lipinski definition) is 7. The van der Waals surface area contributed by atoms with Crippen LogP contribution in [0.1, 0.15) is 26.5 Å². The van der Waals surface area contributed by atoms with Gasteiger partial charge in [-0.3, -0.25) is 20.1 Å². The van der Waals surface area contributed by atoms with Crippen molar-refractivity contribution < 1.29 is 29.3 Å². The molecular formula is C25H27N5O6. The fraction of sp³-hybridized carbons (Fsp3) is 0.280. The Kier molecular flexibility index (Phi) is 8.06. The number of benzene rings is 2. The van der Waals surface area contributed by atoms with Crippen LogP contribution in [0.15, 0.2) is 60.7 Å². The lowest BCUT2D eigenvalue weighted by atomic mass is 10.0. The van der Waals surface area contributed by atoms with Gasteiger partial charge in [-0.25, -0.2) is 9.80 Å². The third-order valence-corrected chi connectivity index (χ3v) is 5.71. The number of aromatic nitrogens is 2. The maximum Gasteiger partial charge on any atom is 0.333 e. The summed E-state index contributed by atoms with van der Waals surface area (Å²) in [6.07, 6.45) is -1.71. The number of carbonyl (C=O) groups is 3. The molecule has 0 saturated carbocycles. The van der Waals surface area contributed by atoms with Gasteiger partial charge in [0.25, 0.3) is 11.8 Å². The van der Waals surface area contributed by atoms with Crippen LogP contribution in [0.3, 0.4) is 0 Å². The SMILES string of the molecule is O=C(NN(Cc1ccc(-c2ccccc2)cc1)CC(O)C(=O)O)c1cc(C(=O)N2CCOCC2)n[nH]1. The molecule has 188 valence electrons. The summed E-state index contributed by atoms with van der Waals surface area (Å²) in [6, 6.07) is 18.7. The quantitative estimate of drug-likeness (QED) is 0.325. The third-order valence-electron chi connectivity index (χ3n) is 5.71. The van der Waals surface area contributed by atoms with Gasteiger partial charge in [-0.15, -0.1) is 0 Å². The van der Waals surface area contributed by atoms with Crippen molar-refractivity contribution in [2.45, 2.75) is 12.6 Å². The van der Waals surface area contributed by atoms with Gasteiger partial charge in [-0.05, 0) is 16.7 Å². The van der Waals surface area contributed by atoms with E-state index >= 15 is 0 Å². The molecule has 11 heteroatoms. The van der Waals surface area contributed by atoms with Crippen LogP contribution < -0.4 is 5.43 Å². The van der Waals surface area contributed by atoms with Crippen LogP contribution in [-0.2, 0) is 16.1 Å². The Bertz CT molecular complexity index is 1190. The van der Waals surface area contributed by atoms with Gasteiger partial charge in [-0.2, -0.15) is 5.10 Å². The first-order valence-electron chi connectivity index (χ1n) is 11.4. The highest BCUT2D eigenvalue weighted by molar-refractivity contribution is 5.97. The van der Waals surface area contributed by atoms with Crippen molar-refractivity contribution in [1.29, 1.82) is 0 Å². The van der Waals surface area contributed by atoms with Crippen LogP contribution >= 0.6 is 0 Å². The zero-order valence-corrected chi connectivity index (χ0v) is 19.5. The van der Waals surface area contributed by atoms with E-state index in [9.17, 15) is 19.5 Å². The lowest BCUT2D eigenvalue weighted by molar-refractivity contribution is -0.148. The molecule has 2 aromatic carbocycles. The summed E-state index contributed by atoms with van der Waals surface area (Å²) in [6.45, 7) is 1.55. The number of nitrogens with one attached hydrogen (secondary N) is 2. The van der Waals surface area contributed by atoms with Gasteiger partial charge in [0.15, 0.2) is 11.8 Å². The van der Waals surface area contributed by atoms with Gasteiger partial charge in [0.1, 0.15) is 5.69 Å². The van der Waals surface area contributed by atoms with Gasteiger partial charge >= 0.3 is 5.97 Å². The molecule has 1 saturated heterocycles. The van der Waals surface area contributed by atoms with E-state index in [1.54, 1.807) is 4.90 Å². The maximum atomic E-state index is 12.8. The number of hydrogen-bond donors (Lipinski definition) is 4. The molecule has 4 N–H and O–H groups in total. The normalized spacial score (nSPS) is 14.4. The predicted molar refractivity (Wildman–Crippen MR) is 129 cm³/mol. The molecule has 1 aromatic heterocycles. The van der Waals surface area contributed by atoms with Crippen LogP contribution in [0.4, 0.5) is 0 Å². The number of aliphatic hydroxyl groups is 1. The molecule has 0 bridgehead atoms. The van der Waals surface area contributed by atoms with Gasteiger partial charge in [0.05, 0.1) is 19.8 Å². The number of hydrazine groups is 1. The van der Waals surface area contributed by atoms with E-state index in [1.165, 1.54) is 11.1 Å². The molecule has 11 nitrogen and oxygen atoms in total. The Morgan fingerprint density at radius 2 is 1.72 bits per heavy atom. The number of aliphatic hydroxyl groups excluding tert-OH is 1. The van der Waals surface area contributed by atoms with Crippen molar-refractivity contribution in [2.24, 2.45) is 0 Å². The highest BCUT2D eigenvalue weighted by Crippen LogP contribution is 2.20. The smallest absolute Gasteiger partial charge is 0.333 e. The lowest BCUT2D eigenvalue weighted by Crippen LogP contribution is -2.47. The predicted octanol–water partition coefficient (Wildman–Crippen LogP) is 1.14. The monoisotopic (exact) mass is 493 g/mol. The van der Waals surface area contributed by atoms with E-state index in [4.69, 9.17) is 9.84 Å². The summed E-state index contributed by atoms with van der Waals surface area (Å²) in [5.41, 5.74) is 5.58. The summed E-state index contributed by atoms with van der Waals surface area (Å²) < 4.78 is 5.25. The number of morpholine rings is 1. The molecule has 1 fully saturated rings. The van der Waals surface area contributed by atoms with Crippen molar-refractivity contribution in [3.63, 3.8) is 0 Å². The Labute approximate surface area is 207 Å². The molecule has 1 atom stereocenters.